The van der Waals surface area contributed by atoms with Crippen LogP contribution in [-0.2, 0) is 9.59 Å². The standard InChI is InChI=1S/C11H8FNO2/c1-6-3-2-4-8(12)10(6)7-5-9(14)13-11(7)15/h2-5H,1H3,(H,13,14,15). The third-order valence-corrected chi connectivity index (χ3v) is 2.25. The van der Waals surface area contributed by atoms with Crippen LogP contribution in [0.1, 0.15) is 11.1 Å². The molecular weight excluding hydrogens is 197 g/mol. The van der Waals surface area contributed by atoms with E-state index in [1.807, 2.05) is 0 Å². The molecule has 1 aliphatic heterocycles. The van der Waals surface area contributed by atoms with Gasteiger partial charge in [-0.3, -0.25) is 14.9 Å². The lowest BCUT2D eigenvalue weighted by atomic mass is 10.0. The average molecular weight is 205 g/mol. The fourth-order valence-electron chi connectivity index (χ4n) is 1.57. The van der Waals surface area contributed by atoms with Crippen molar-refractivity contribution >= 4 is 17.4 Å². The van der Waals surface area contributed by atoms with Crippen LogP contribution >= 0.6 is 0 Å². The molecule has 0 atom stereocenters. The Hall–Kier alpha value is -1.97. The molecule has 2 amide bonds. The Morgan fingerprint density at radius 3 is 2.53 bits per heavy atom. The van der Waals surface area contributed by atoms with Crippen molar-refractivity contribution in [1.29, 1.82) is 0 Å². The topological polar surface area (TPSA) is 46.2 Å². The molecule has 0 unspecified atom stereocenters. The summed E-state index contributed by atoms with van der Waals surface area (Å²) < 4.78 is 13.5. The van der Waals surface area contributed by atoms with Gasteiger partial charge in [0.05, 0.1) is 5.57 Å². The second-order valence-electron chi connectivity index (χ2n) is 3.31. The SMILES string of the molecule is Cc1cccc(F)c1C1=CC(=O)NC1=O. The van der Waals surface area contributed by atoms with Crippen molar-refractivity contribution in [3.63, 3.8) is 0 Å². The second-order valence-corrected chi connectivity index (χ2v) is 3.31. The summed E-state index contributed by atoms with van der Waals surface area (Å²) in [7, 11) is 0. The van der Waals surface area contributed by atoms with Crippen LogP contribution in [0, 0.1) is 12.7 Å². The van der Waals surface area contributed by atoms with Crippen molar-refractivity contribution in [1.82, 2.24) is 5.32 Å². The summed E-state index contributed by atoms with van der Waals surface area (Å²) in [6.07, 6.45) is 1.12. The molecule has 2 rings (SSSR count). The number of aryl methyl sites for hydroxylation is 1. The maximum atomic E-state index is 13.5. The average Bonchev–Trinajstić information content (AvgIpc) is 2.45. The zero-order valence-corrected chi connectivity index (χ0v) is 8.00. The van der Waals surface area contributed by atoms with Crippen molar-refractivity contribution in [2.45, 2.75) is 6.92 Å². The monoisotopic (exact) mass is 205 g/mol. The molecule has 0 bridgehead atoms. The first-order valence-corrected chi connectivity index (χ1v) is 4.42. The van der Waals surface area contributed by atoms with Crippen molar-refractivity contribution in [3.05, 3.63) is 41.2 Å². The fourth-order valence-corrected chi connectivity index (χ4v) is 1.57. The van der Waals surface area contributed by atoms with Crippen LogP contribution < -0.4 is 5.32 Å². The first kappa shape index (κ1) is 9.58. The Bertz CT molecular complexity index is 471. The van der Waals surface area contributed by atoms with Crippen LogP contribution in [0.25, 0.3) is 5.57 Å². The van der Waals surface area contributed by atoms with Gasteiger partial charge in [0.25, 0.3) is 11.8 Å². The number of hydrogen-bond donors (Lipinski definition) is 1. The Kier molecular flexibility index (Phi) is 2.11. The summed E-state index contributed by atoms with van der Waals surface area (Å²) in [5.41, 5.74) is 0.919. The fraction of sp³-hybridized carbons (Fsp3) is 0.0909. The van der Waals surface area contributed by atoms with E-state index in [0.717, 1.165) is 6.08 Å². The molecule has 4 heteroatoms. The van der Waals surface area contributed by atoms with Crippen molar-refractivity contribution in [2.75, 3.05) is 0 Å². The zero-order chi connectivity index (χ0) is 11.0. The molecule has 1 heterocycles. The van der Waals surface area contributed by atoms with Crippen LogP contribution in [0.15, 0.2) is 24.3 Å². The summed E-state index contributed by atoms with van der Waals surface area (Å²) in [5.74, 6) is -1.54. The molecule has 1 aromatic rings. The van der Waals surface area contributed by atoms with Gasteiger partial charge in [-0.1, -0.05) is 12.1 Å². The molecule has 0 radical (unpaired) electrons. The van der Waals surface area contributed by atoms with E-state index in [1.165, 1.54) is 6.07 Å². The van der Waals surface area contributed by atoms with Gasteiger partial charge in [0.15, 0.2) is 0 Å². The number of carbonyl (C=O) groups is 2. The number of carbonyl (C=O) groups excluding carboxylic acids is 2. The summed E-state index contributed by atoms with van der Waals surface area (Å²) in [6.45, 7) is 1.69. The summed E-state index contributed by atoms with van der Waals surface area (Å²) in [5, 5.41) is 2.08. The molecule has 76 valence electrons. The molecule has 0 fully saturated rings. The highest BCUT2D eigenvalue weighted by molar-refractivity contribution is 6.33. The van der Waals surface area contributed by atoms with Crippen molar-refractivity contribution < 1.29 is 14.0 Å². The summed E-state index contributed by atoms with van der Waals surface area (Å²) >= 11 is 0. The molecule has 1 aliphatic rings. The van der Waals surface area contributed by atoms with Crippen molar-refractivity contribution in [2.24, 2.45) is 0 Å². The van der Waals surface area contributed by atoms with Gasteiger partial charge in [-0.05, 0) is 18.6 Å². The Balaban J connectivity index is 2.60. The molecule has 3 nitrogen and oxygen atoms in total. The summed E-state index contributed by atoms with van der Waals surface area (Å²) in [4.78, 5) is 22.3. The van der Waals surface area contributed by atoms with E-state index >= 15 is 0 Å². The summed E-state index contributed by atoms with van der Waals surface area (Å²) in [6, 6.07) is 4.51. The van der Waals surface area contributed by atoms with Gasteiger partial charge in [-0.25, -0.2) is 4.39 Å². The minimum Gasteiger partial charge on any atom is -0.289 e. The lowest BCUT2D eigenvalue weighted by Crippen LogP contribution is -2.22. The van der Waals surface area contributed by atoms with Gasteiger partial charge in [0.1, 0.15) is 5.82 Å². The molecule has 1 N–H and O–H groups in total. The minimum atomic E-state index is -0.548. The number of nitrogens with one attached hydrogen (secondary N) is 1. The molecule has 0 saturated heterocycles. The quantitative estimate of drug-likeness (QED) is 0.699. The predicted octanol–water partition coefficient (Wildman–Crippen LogP) is 1.17. The van der Waals surface area contributed by atoms with Gasteiger partial charge < -0.3 is 0 Å². The molecule has 1 aromatic carbocycles. The van der Waals surface area contributed by atoms with E-state index in [9.17, 15) is 14.0 Å². The molecule has 0 spiro atoms. The van der Waals surface area contributed by atoms with Crippen molar-refractivity contribution in [3.8, 4) is 0 Å². The predicted molar refractivity (Wildman–Crippen MR) is 52.3 cm³/mol. The minimum absolute atomic E-state index is 0.0931. The lowest BCUT2D eigenvalue weighted by molar-refractivity contribution is -0.123. The number of amides is 2. The Morgan fingerprint density at radius 1 is 1.27 bits per heavy atom. The maximum Gasteiger partial charge on any atom is 0.259 e. The molecule has 15 heavy (non-hydrogen) atoms. The van der Waals surface area contributed by atoms with Crippen LogP contribution in [0.5, 0.6) is 0 Å². The Morgan fingerprint density at radius 2 is 2.00 bits per heavy atom. The number of benzene rings is 1. The molecule has 0 aromatic heterocycles. The largest absolute Gasteiger partial charge is 0.289 e. The molecular formula is C11H8FNO2. The van der Waals surface area contributed by atoms with E-state index in [0.29, 0.717) is 5.56 Å². The first-order valence-electron chi connectivity index (χ1n) is 4.42. The third kappa shape index (κ3) is 1.54. The number of rotatable bonds is 1. The van der Waals surface area contributed by atoms with Crippen LogP contribution in [0.4, 0.5) is 4.39 Å². The highest BCUT2D eigenvalue weighted by atomic mass is 19.1. The van der Waals surface area contributed by atoms with Crippen LogP contribution in [0.3, 0.4) is 0 Å². The zero-order valence-electron chi connectivity index (χ0n) is 8.00. The van der Waals surface area contributed by atoms with E-state index in [1.54, 1.807) is 19.1 Å². The van der Waals surface area contributed by atoms with E-state index in [4.69, 9.17) is 0 Å². The third-order valence-electron chi connectivity index (χ3n) is 2.25. The van der Waals surface area contributed by atoms with Gasteiger partial charge in [0.2, 0.25) is 0 Å². The molecule has 0 saturated carbocycles. The second kappa shape index (κ2) is 3.31. The smallest absolute Gasteiger partial charge is 0.259 e. The molecule has 0 aliphatic carbocycles. The lowest BCUT2D eigenvalue weighted by Gasteiger charge is -2.05. The van der Waals surface area contributed by atoms with Gasteiger partial charge in [-0.2, -0.15) is 0 Å². The van der Waals surface area contributed by atoms with Crippen LogP contribution in [-0.4, -0.2) is 11.8 Å². The maximum absolute atomic E-state index is 13.5. The number of imide groups is 1. The van der Waals surface area contributed by atoms with Gasteiger partial charge in [-0.15, -0.1) is 0 Å². The Labute approximate surface area is 85.6 Å². The highest BCUT2D eigenvalue weighted by Crippen LogP contribution is 2.24. The normalized spacial score (nSPS) is 15.2. The van der Waals surface area contributed by atoms with Gasteiger partial charge in [0, 0.05) is 11.6 Å². The van der Waals surface area contributed by atoms with Gasteiger partial charge >= 0.3 is 0 Å². The van der Waals surface area contributed by atoms with Crippen LogP contribution in [0.2, 0.25) is 0 Å². The van der Waals surface area contributed by atoms with E-state index in [-0.39, 0.29) is 11.1 Å². The first-order chi connectivity index (χ1) is 7.09. The van der Waals surface area contributed by atoms with E-state index < -0.39 is 17.6 Å². The number of halogens is 1. The number of hydrogen-bond acceptors (Lipinski definition) is 2. The van der Waals surface area contributed by atoms with E-state index in [2.05, 4.69) is 5.32 Å². The highest BCUT2D eigenvalue weighted by Gasteiger charge is 2.25.